The summed E-state index contributed by atoms with van der Waals surface area (Å²) in [5.41, 5.74) is 0. The minimum atomic E-state index is -0.484. The van der Waals surface area contributed by atoms with Crippen LogP contribution in [0.2, 0.25) is 0 Å². The van der Waals surface area contributed by atoms with Gasteiger partial charge in [-0.1, -0.05) is 15.9 Å². The number of rotatable bonds is 4. The van der Waals surface area contributed by atoms with Gasteiger partial charge in [0.25, 0.3) is 0 Å². The third kappa shape index (κ3) is 3.10. The zero-order valence-corrected chi connectivity index (χ0v) is 11.2. The van der Waals surface area contributed by atoms with Gasteiger partial charge in [-0.2, -0.15) is 0 Å². The van der Waals surface area contributed by atoms with Gasteiger partial charge in [0.2, 0.25) is 5.76 Å². The lowest BCUT2D eigenvalue weighted by Gasteiger charge is -2.03. The summed E-state index contributed by atoms with van der Waals surface area (Å²) in [5, 5.41) is 3.09. The van der Waals surface area contributed by atoms with Gasteiger partial charge in [0, 0.05) is 10.7 Å². The van der Waals surface area contributed by atoms with Gasteiger partial charge in [-0.05, 0) is 24.3 Å². The van der Waals surface area contributed by atoms with E-state index in [1.54, 1.807) is 18.3 Å². The number of carbonyl (C=O) groups excluding carboxylic acids is 1. The van der Waals surface area contributed by atoms with Crippen molar-refractivity contribution in [3.05, 3.63) is 46.5 Å². The number of aromatic nitrogens is 1. The molecule has 18 heavy (non-hydrogen) atoms. The number of pyridine rings is 1. The van der Waals surface area contributed by atoms with Crippen LogP contribution in [0.3, 0.4) is 0 Å². The SMILES string of the molecule is COC(=O)c1ccc(CNc2cc(Br)ccn2)o1. The number of furan rings is 1. The highest BCUT2D eigenvalue weighted by Crippen LogP contribution is 2.15. The number of methoxy groups -OCH3 is 1. The molecule has 2 heterocycles. The van der Waals surface area contributed by atoms with Gasteiger partial charge in [0.1, 0.15) is 11.6 Å². The van der Waals surface area contributed by atoms with E-state index in [2.05, 4.69) is 31.0 Å². The fourth-order valence-electron chi connectivity index (χ4n) is 1.36. The molecule has 94 valence electrons. The number of hydrogen-bond donors (Lipinski definition) is 1. The van der Waals surface area contributed by atoms with Gasteiger partial charge in [-0.3, -0.25) is 0 Å². The number of ether oxygens (including phenoxy) is 1. The Morgan fingerprint density at radius 1 is 1.50 bits per heavy atom. The van der Waals surface area contributed by atoms with Crippen LogP contribution in [0.1, 0.15) is 16.3 Å². The molecule has 1 N–H and O–H groups in total. The Hall–Kier alpha value is -1.82. The van der Waals surface area contributed by atoms with E-state index >= 15 is 0 Å². The topological polar surface area (TPSA) is 64.4 Å². The van der Waals surface area contributed by atoms with E-state index in [-0.39, 0.29) is 5.76 Å². The van der Waals surface area contributed by atoms with Gasteiger partial charge in [0.15, 0.2) is 0 Å². The molecule has 0 spiro atoms. The Labute approximate surface area is 112 Å². The Bertz CT molecular complexity index is 554. The molecule has 2 aromatic heterocycles. The molecule has 0 amide bonds. The van der Waals surface area contributed by atoms with Crippen LogP contribution >= 0.6 is 15.9 Å². The summed E-state index contributed by atoms with van der Waals surface area (Å²) in [6.45, 7) is 0.445. The standard InChI is InChI=1S/C12H11BrN2O3/c1-17-12(16)10-3-2-9(18-10)7-15-11-6-8(13)4-5-14-11/h2-6H,7H2,1H3,(H,14,15). The molecular weight excluding hydrogens is 300 g/mol. The van der Waals surface area contributed by atoms with Crippen LogP contribution in [0.25, 0.3) is 0 Å². The number of nitrogens with one attached hydrogen (secondary N) is 1. The lowest BCUT2D eigenvalue weighted by Crippen LogP contribution is -2.01. The average Bonchev–Trinajstić information content (AvgIpc) is 2.84. The summed E-state index contributed by atoms with van der Waals surface area (Å²) in [7, 11) is 1.31. The molecule has 2 rings (SSSR count). The highest BCUT2D eigenvalue weighted by atomic mass is 79.9. The van der Waals surface area contributed by atoms with Crippen LogP contribution in [0, 0.1) is 0 Å². The van der Waals surface area contributed by atoms with E-state index < -0.39 is 5.97 Å². The van der Waals surface area contributed by atoms with Crippen molar-refractivity contribution in [2.45, 2.75) is 6.54 Å². The predicted octanol–water partition coefficient (Wildman–Crippen LogP) is 2.84. The minimum absolute atomic E-state index is 0.191. The van der Waals surface area contributed by atoms with Crippen molar-refractivity contribution in [2.75, 3.05) is 12.4 Å². The largest absolute Gasteiger partial charge is 0.463 e. The first-order valence-corrected chi connectivity index (χ1v) is 6.01. The van der Waals surface area contributed by atoms with Crippen molar-refractivity contribution in [2.24, 2.45) is 0 Å². The molecular formula is C12H11BrN2O3. The van der Waals surface area contributed by atoms with Crippen molar-refractivity contribution < 1.29 is 13.9 Å². The Morgan fingerprint density at radius 2 is 2.33 bits per heavy atom. The lowest BCUT2D eigenvalue weighted by molar-refractivity contribution is 0.0563. The zero-order valence-electron chi connectivity index (χ0n) is 9.64. The van der Waals surface area contributed by atoms with E-state index in [4.69, 9.17) is 4.42 Å². The molecule has 0 radical (unpaired) electrons. The molecule has 0 bridgehead atoms. The summed E-state index contributed by atoms with van der Waals surface area (Å²) in [6, 6.07) is 6.99. The average molecular weight is 311 g/mol. The maximum atomic E-state index is 11.2. The first kappa shape index (κ1) is 12.6. The molecule has 6 heteroatoms. The lowest BCUT2D eigenvalue weighted by atomic mass is 10.4. The monoisotopic (exact) mass is 310 g/mol. The normalized spacial score (nSPS) is 10.1. The molecule has 0 fully saturated rings. The number of halogens is 1. The quantitative estimate of drug-likeness (QED) is 0.880. The molecule has 5 nitrogen and oxygen atoms in total. The minimum Gasteiger partial charge on any atom is -0.463 e. The highest BCUT2D eigenvalue weighted by molar-refractivity contribution is 9.10. The van der Waals surface area contributed by atoms with Gasteiger partial charge < -0.3 is 14.5 Å². The van der Waals surface area contributed by atoms with Gasteiger partial charge in [-0.15, -0.1) is 0 Å². The Morgan fingerprint density at radius 3 is 3.06 bits per heavy atom. The maximum Gasteiger partial charge on any atom is 0.373 e. The van der Waals surface area contributed by atoms with Crippen molar-refractivity contribution in [1.29, 1.82) is 0 Å². The van der Waals surface area contributed by atoms with E-state index in [1.165, 1.54) is 7.11 Å². The van der Waals surface area contributed by atoms with Crippen LogP contribution in [0.4, 0.5) is 5.82 Å². The number of anilines is 1. The number of nitrogens with zero attached hydrogens (tertiary/aromatic N) is 1. The van der Waals surface area contributed by atoms with Gasteiger partial charge >= 0.3 is 5.97 Å². The van der Waals surface area contributed by atoms with Crippen LogP contribution in [0.15, 0.2) is 39.4 Å². The van der Waals surface area contributed by atoms with E-state index in [0.29, 0.717) is 12.3 Å². The molecule has 0 aliphatic carbocycles. The fourth-order valence-corrected chi connectivity index (χ4v) is 1.70. The van der Waals surface area contributed by atoms with Crippen LogP contribution in [0.5, 0.6) is 0 Å². The fraction of sp³-hybridized carbons (Fsp3) is 0.167. The molecule has 0 saturated heterocycles. The summed E-state index contributed by atoms with van der Waals surface area (Å²) in [6.07, 6.45) is 1.69. The first-order valence-electron chi connectivity index (χ1n) is 5.21. The first-order chi connectivity index (χ1) is 8.69. The second-order valence-corrected chi connectivity index (χ2v) is 4.39. The molecule has 0 unspecified atom stereocenters. The van der Waals surface area contributed by atoms with Crippen molar-refractivity contribution in [3.8, 4) is 0 Å². The zero-order chi connectivity index (χ0) is 13.0. The van der Waals surface area contributed by atoms with Crippen LogP contribution in [-0.4, -0.2) is 18.1 Å². The summed E-state index contributed by atoms with van der Waals surface area (Å²) in [5.74, 6) is 1.07. The van der Waals surface area contributed by atoms with E-state index in [9.17, 15) is 4.79 Å². The molecule has 2 aromatic rings. The molecule has 0 aliphatic heterocycles. The summed E-state index contributed by atoms with van der Waals surface area (Å²) < 4.78 is 10.8. The predicted molar refractivity (Wildman–Crippen MR) is 69.3 cm³/mol. The second kappa shape index (κ2) is 5.68. The molecule has 0 atom stereocenters. The number of hydrogen-bond acceptors (Lipinski definition) is 5. The second-order valence-electron chi connectivity index (χ2n) is 3.47. The Kier molecular flexibility index (Phi) is 3.99. The third-order valence-corrected chi connectivity index (χ3v) is 2.71. The van der Waals surface area contributed by atoms with Gasteiger partial charge in [0.05, 0.1) is 13.7 Å². The van der Waals surface area contributed by atoms with Crippen molar-refractivity contribution >= 4 is 27.7 Å². The molecule has 0 aromatic carbocycles. The van der Waals surface area contributed by atoms with Gasteiger partial charge in [-0.25, -0.2) is 9.78 Å². The summed E-state index contributed by atoms with van der Waals surface area (Å²) in [4.78, 5) is 15.3. The molecule has 0 saturated carbocycles. The number of carbonyl (C=O) groups is 1. The smallest absolute Gasteiger partial charge is 0.373 e. The molecule has 0 aliphatic rings. The number of esters is 1. The maximum absolute atomic E-state index is 11.2. The van der Waals surface area contributed by atoms with E-state index in [1.807, 2.05) is 12.1 Å². The third-order valence-electron chi connectivity index (χ3n) is 2.21. The highest BCUT2D eigenvalue weighted by Gasteiger charge is 2.10. The van der Waals surface area contributed by atoms with E-state index in [0.717, 1.165) is 10.3 Å². The van der Waals surface area contributed by atoms with Crippen LogP contribution < -0.4 is 5.32 Å². The van der Waals surface area contributed by atoms with Crippen molar-refractivity contribution in [3.63, 3.8) is 0 Å². The van der Waals surface area contributed by atoms with Crippen LogP contribution in [-0.2, 0) is 11.3 Å². The van der Waals surface area contributed by atoms with Crippen molar-refractivity contribution in [1.82, 2.24) is 4.98 Å². The summed E-state index contributed by atoms with van der Waals surface area (Å²) >= 11 is 3.36. The Balaban J connectivity index is 1.98.